The van der Waals surface area contributed by atoms with Crippen molar-refractivity contribution in [3.63, 3.8) is 0 Å². The predicted octanol–water partition coefficient (Wildman–Crippen LogP) is 11.2. The van der Waals surface area contributed by atoms with Crippen molar-refractivity contribution in [2.24, 2.45) is 0 Å². The topological polar surface area (TPSA) is 3.24 Å². The third kappa shape index (κ3) is 3.84. The largest absolute Gasteiger partial charge is 0.314 e. The van der Waals surface area contributed by atoms with E-state index in [1.165, 1.54) is 72.7 Å². The van der Waals surface area contributed by atoms with Crippen LogP contribution in [0.25, 0.3) is 27.8 Å². The minimum atomic E-state index is -0.0534. The molecule has 1 heteroatoms. The van der Waals surface area contributed by atoms with Gasteiger partial charge in [-0.25, -0.2) is 0 Å². The molecule has 1 nitrogen and oxygen atoms in total. The quantitative estimate of drug-likeness (QED) is 0.213. The van der Waals surface area contributed by atoms with E-state index in [2.05, 4.69) is 160 Å². The van der Waals surface area contributed by atoms with Gasteiger partial charge in [0.15, 0.2) is 0 Å². The number of fused-ring (bicyclic) bond motifs is 6. The van der Waals surface area contributed by atoms with Crippen molar-refractivity contribution in [1.29, 1.82) is 0 Å². The molecule has 0 aliphatic heterocycles. The van der Waals surface area contributed by atoms with Crippen molar-refractivity contribution in [3.8, 4) is 22.3 Å². The van der Waals surface area contributed by atoms with Crippen LogP contribution in [0.1, 0.15) is 68.4 Å². The molecule has 5 aromatic rings. The van der Waals surface area contributed by atoms with Crippen molar-refractivity contribution in [2.45, 2.75) is 51.4 Å². The monoisotopic (exact) mass is 555 g/mol. The first kappa shape index (κ1) is 26.0. The van der Waals surface area contributed by atoms with E-state index in [1.54, 1.807) is 0 Å². The van der Waals surface area contributed by atoms with Crippen molar-refractivity contribution in [1.82, 2.24) is 0 Å². The lowest BCUT2D eigenvalue weighted by Gasteiger charge is -2.33. The third-order valence-corrected chi connectivity index (χ3v) is 10.2. The average molecular weight is 556 g/mol. The van der Waals surface area contributed by atoms with E-state index in [-0.39, 0.29) is 10.8 Å². The Kier molecular flexibility index (Phi) is 5.72. The van der Waals surface area contributed by atoms with Crippen LogP contribution >= 0.6 is 0 Å². The second-order valence-electron chi connectivity index (χ2n) is 13.3. The first-order chi connectivity index (χ1) is 20.9. The van der Waals surface area contributed by atoms with E-state index in [4.69, 9.17) is 0 Å². The lowest BCUT2D eigenvalue weighted by atomic mass is 9.82. The number of benzene rings is 5. The normalized spacial score (nSPS) is 16.8. The van der Waals surface area contributed by atoms with Crippen LogP contribution in [0.5, 0.6) is 0 Å². The molecule has 0 saturated heterocycles. The first-order valence-electron chi connectivity index (χ1n) is 15.6. The van der Waals surface area contributed by atoms with Gasteiger partial charge in [0, 0.05) is 27.8 Å². The van der Waals surface area contributed by atoms with Gasteiger partial charge in [0.05, 0.1) is 5.69 Å². The van der Waals surface area contributed by atoms with Gasteiger partial charge in [-0.1, -0.05) is 131 Å². The minimum Gasteiger partial charge on any atom is -0.314 e. The second kappa shape index (κ2) is 9.44. The Morgan fingerprint density at radius 2 is 1.14 bits per heavy atom. The molecule has 5 aromatic carbocycles. The molecular weight excluding hydrogens is 518 g/mol. The summed E-state index contributed by atoms with van der Waals surface area (Å²) >= 11 is 0. The molecule has 0 radical (unpaired) electrons. The lowest BCUT2D eigenvalue weighted by molar-refractivity contribution is 0.660. The van der Waals surface area contributed by atoms with E-state index in [9.17, 15) is 0 Å². The van der Waals surface area contributed by atoms with Crippen LogP contribution in [0.4, 0.5) is 11.4 Å². The zero-order chi connectivity index (χ0) is 29.3. The highest BCUT2D eigenvalue weighted by atomic mass is 15.2. The molecule has 0 amide bonds. The second-order valence-corrected chi connectivity index (χ2v) is 13.3. The van der Waals surface area contributed by atoms with Crippen LogP contribution < -0.4 is 4.90 Å². The molecule has 0 bridgehead atoms. The van der Waals surface area contributed by atoms with E-state index >= 15 is 0 Å². The SMILES string of the molecule is CC1(C)c2ccccc2-c2ccc(N(C3=CC=C(c4ccccc4)CC3)c3cccc4c3-c3ccccc3C4(C)C)cc21. The first-order valence-corrected chi connectivity index (χ1v) is 15.6. The van der Waals surface area contributed by atoms with E-state index in [0.717, 1.165) is 12.8 Å². The van der Waals surface area contributed by atoms with Crippen LogP contribution in [-0.2, 0) is 10.8 Å². The molecule has 0 aromatic heterocycles. The number of allylic oxidation sites excluding steroid dienone is 4. The number of rotatable bonds is 4. The molecule has 0 heterocycles. The van der Waals surface area contributed by atoms with Gasteiger partial charge in [-0.3, -0.25) is 0 Å². The molecular formula is C42H37N. The van der Waals surface area contributed by atoms with Gasteiger partial charge < -0.3 is 4.90 Å². The predicted molar refractivity (Wildman–Crippen MR) is 182 cm³/mol. The fourth-order valence-corrected chi connectivity index (χ4v) is 7.92. The summed E-state index contributed by atoms with van der Waals surface area (Å²) in [4.78, 5) is 2.56. The standard InChI is InChI=1S/C42H37N/c1-41(2)36-18-11-9-16-34(36)40-37(41)19-12-20-39(40)43(30-23-21-29(22-24-30)28-13-6-5-7-14-28)31-25-26-33-32-15-8-10-17-35(32)42(3,4)38(33)27-31/h5-21,23,25-27H,22,24H2,1-4H3. The van der Waals surface area contributed by atoms with Crippen molar-refractivity contribution < 1.29 is 0 Å². The maximum atomic E-state index is 2.56. The van der Waals surface area contributed by atoms with Gasteiger partial charge in [-0.05, 0) is 87.2 Å². The minimum absolute atomic E-state index is 0.0451. The summed E-state index contributed by atoms with van der Waals surface area (Å²) < 4.78 is 0. The zero-order valence-corrected chi connectivity index (χ0v) is 25.5. The van der Waals surface area contributed by atoms with Crippen LogP contribution in [0.3, 0.4) is 0 Å². The fraction of sp³-hybridized carbons (Fsp3) is 0.190. The number of anilines is 2. The summed E-state index contributed by atoms with van der Waals surface area (Å²) in [6, 6.07) is 42.9. The van der Waals surface area contributed by atoms with Crippen LogP contribution in [-0.4, -0.2) is 0 Å². The van der Waals surface area contributed by atoms with Crippen molar-refractivity contribution in [3.05, 3.63) is 161 Å². The molecule has 0 N–H and O–H groups in total. The Balaban J connectivity index is 1.34. The van der Waals surface area contributed by atoms with E-state index < -0.39 is 0 Å². The van der Waals surface area contributed by atoms with Gasteiger partial charge in [0.1, 0.15) is 0 Å². The van der Waals surface area contributed by atoms with Crippen molar-refractivity contribution in [2.75, 3.05) is 4.90 Å². The van der Waals surface area contributed by atoms with Gasteiger partial charge >= 0.3 is 0 Å². The highest BCUT2D eigenvalue weighted by molar-refractivity contribution is 5.94. The molecule has 0 spiro atoms. The van der Waals surface area contributed by atoms with Gasteiger partial charge in [-0.15, -0.1) is 0 Å². The Bertz CT molecular complexity index is 1970. The van der Waals surface area contributed by atoms with E-state index in [1.807, 2.05) is 0 Å². The molecule has 0 atom stereocenters. The molecule has 43 heavy (non-hydrogen) atoms. The smallest absolute Gasteiger partial charge is 0.0540 e. The molecule has 8 rings (SSSR count). The molecule has 3 aliphatic rings. The highest BCUT2D eigenvalue weighted by Crippen LogP contribution is 2.55. The van der Waals surface area contributed by atoms with Crippen LogP contribution in [0.15, 0.2) is 133 Å². The molecule has 210 valence electrons. The summed E-state index contributed by atoms with van der Waals surface area (Å²) in [7, 11) is 0. The highest BCUT2D eigenvalue weighted by Gasteiger charge is 2.39. The number of hydrogen-bond acceptors (Lipinski definition) is 1. The van der Waals surface area contributed by atoms with Crippen LogP contribution in [0.2, 0.25) is 0 Å². The summed E-state index contributed by atoms with van der Waals surface area (Å²) in [5, 5.41) is 0. The maximum Gasteiger partial charge on any atom is 0.0540 e. The molecule has 0 saturated carbocycles. The summed E-state index contributed by atoms with van der Waals surface area (Å²) in [6.45, 7) is 9.49. The maximum absolute atomic E-state index is 2.56. The average Bonchev–Trinajstić information content (AvgIpc) is 3.42. The van der Waals surface area contributed by atoms with Crippen molar-refractivity contribution >= 4 is 16.9 Å². The summed E-state index contributed by atoms with van der Waals surface area (Å²) in [5.74, 6) is 0. The Morgan fingerprint density at radius 1 is 0.512 bits per heavy atom. The number of nitrogens with zero attached hydrogens (tertiary/aromatic N) is 1. The van der Waals surface area contributed by atoms with Crippen LogP contribution in [0, 0.1) is 0 Å². The summed E-state index contributed by atoms with van der Waals surface area (Å²) in [5.41, 5.74) is 17.5. The number of hydrogen-bond donors (Lipinski definition) is 0. The molecule has 0 fully saturated rings. The Hall–Kier alpha value is -4.62. The van der Waals surface area contributed by atoms with Gasteiger partial charge in [-0.2, -0.15) is 0 Å². The molecule has 3 aliphatic carbocycles. The lowest BCUT2D eigenvalue weighted by Crippen LogP contribution is -2.21. The Labute approximate surface area is 255 Å². The summed E-state index contributed by atoms with van der Waals surface area (Å²) in [6.07, 6.45) is 6.71. The molecule has 0 unspecified atom stereocenters. The fourth-order valence-electron chi connectivity index (χ4n) is 7.92. The van der Waals surface area contributed by atoms with Gasteiger partial charge in [0.2, 0.25) is 0 Å². The van der Waals surface area contributed by atoms with Gasteiger partial charge in [0.25, 0.3) is 0 Å². The zero-order valence-electron chi connectivity index (χ0n) is 25.5. The third-order valence-electron chi connectivity index (χ3n) is 10.2. The Morgan fingerprint density at radius 3 is 1.88 bits per heavy atom. The van der Waals surface area contributed by atoms with E-state index in [0.29, 0.717) is 0 Å².